The molecule has 1 aliphatic carbocycles. The Labute approximate surface area is 197 Å². The van der Waals surface area contributed by atoms with E-state index in [0.717, 1.165) is 17.5 Å². The number of rotatable bonds is 8. The fourth-order valence-corrected chi connectivity index (χ4v) is 4.13. The molecule has 0 amide bonds. The molecule has 1 aromatic heterocycles. The Hall–Kier alpha value is -4.25. The van der Waals surface area contributed by atoms with E-state index in [9.17, 15) is 14.0 Å². The van der Waals surface area contributed by atoms with Crippen molar-refractivity contribution < 1.29 is 14.0 Å². The molecule has 0 spiro atoms. The number of carbonyl (C=O) groups is 2. The number of allylic oxidation sites excluding steroid dienone is 1. The Bertz CT molecular complexity index is 1390. The Kier molecular flexibility index (Phi) is 5.91. The monoisotopic (exact) mass is 450 g/mol. The summed E-state index contributed by atoms with van der Waals surface area (Å²) in [6, 6.07) is 19.6. The normalized spacial score (nSPS) is 11.9. The van der Waals surface area contributed by atoms with Crippen LogP contribution in [0.15, 0.2) is 85.2 Å². The van der Waals surface area contributed by atoms with Gasteiger partial charge in [-0.2, -0.15) is 0 Å². The van der Waals surface area contributed by atoms with Gasteiger partial charge in [0.2, 0.25) is 0 Å². The van der Waals surface area contributed by atoms with Gasteiger partial charge in [0.05, 0.1) is 5.69 Å². The number of hydrogen-bond acceptors (Lipinski definition) is 3. The highest BCUT2D eigenvalue weighted by Gasteiger charge is 2.13. The van der Waals surface area contributed by atoms with E-state index in [2.05, 4.69) is 16.4 Å². The average molecular weight is 451 g/mol. The van der Waals surface area contributed by atoms with Crippen molar-refractivity contribution in [3.05, 3.63) is 124 Å². The number of carbonyl (C=O) groups excluding carboxylic acids is 2. The van der Waals surface area contributed by atoms with Crippen LogP contribution in [-0.4, -0.2) is 16.6 Å². The van der Waals surface area contributed by atoms with Crippen LogP contribution in [0.3, 0.4) is 0 Å². The Balaban J connectivity index is 1.22. The zero-order valence-corrected chi connectivity index (χ0v) is 18.5. The molecule has 3 aromatic carbocycles. The number of aromatic nitrogens is 1. The molecule has 0 saturated carbocycles. The molecule has 0 bridgehead atoms. The highest BCUT2D eigenvalue weighted by atomic mass is 19.1. The van der Waals surface area contributed by atoms with Gasteiger partial charge in [-0.1, -0.05) is 42.5 Å². The second kappa shape index (κ2) is 9.32. The Morgan fingerprint density at radius 2 is 1.62 bits per heavy atom. The Morgan fingerprint density at radius 1 is 0.853 bits per heavy atom. The van der Waals surface area contributed by atoms with Gasteiger partial charge >= 0.3 is 0 Å². The van der Waals surface area contributed by atoms with Crippen molar-refractivity contribution in [2.45, 2.75) is 19.3 Å². The van der Waals surface area contributed by atoms with Gasteiger partial charge < -0.3 is 10.3 Å². The predicted octanol–water partition coefficient (Wildman–Crippen LogP) is 6.32. The molecule has 4 nitrogen and oxygen atoms in total. The summed E-state index contributed by atoms with van der Waals surface area (Å²) in [6.07, 6.45) is 8.86. The molecule has 0 unspecified atom stereocenters. The van der Waals surface area contributed by atoms with Gasteiger partial charge in [0.15, 0.2) is 11.6 Å². The van der Waals surface area contributed by atoms with Crippen LogP contribution in [0.25, 0.3) is 6.08 Å². The maximum atomic E-state index is 14.7. The lowest BCUT2D eigenvalue weighted by atomic mass is 9.99. The van der Waals surface area contributed by atoms with Crippen molar-refractivity contribution in [1.29, 1.82) is 0 Å². The van der Waals surface area contributed by atoms with Crippen LogP contribution in [0.2, 0.25) is 0 Å². The van der Waals surface area contributed by atoms with E-state index >= 15 is 0 Å². The first-order chi connectivity index (χ1) is 16.5. The molecule has 168 valence electrons. The van der Waals surface area contributed by atoms with Crippen LogP contribution in [0.4, 0.5) is 15.8 Å². The molecule has 4 aromatic rings. The van der Waals surface area contributed by atoms with E-state index in [1.54, 1.807) is 30.6 Å². The van der Waals surface area contributed by atoms with Gasteiger partial charge in [0, 0.05) is 42.0 Å². The summed E-state index contributed by atoms with van der Waals surface area (Å²) in [5.41, 5.74) is 6.14. The number of aromatic amines is 1. The Morgan fingerprint density at radius 3 is 2.38 bits per heavy atom. The van der Waals surface area contributed by atoms with Gasteiger partial charge in [-0.25, -0.2) is 4.39 Å². The number of nitrogens with one attached hydrogen (secondary N) is 2. The molecular formula is C29H23FN2O2. The summed E-state index contributed by atoms with van der Waals surface area (Å²) in [5.74, 6) is -0.420. The van der Waals surface area contributed by atoms with Gasteiger partial charge in [-0.3, -0.25) is 9.59 Å². The quantitative estimate of drug-likeness (QED) is 0.309. The molecule has 1 aliphatic rings. The van der Waals surface area contributed by atoms with Crippen LogP contribution < -0.4 is 5.32 Å². The molecule has 0 radical (unpaired) electrons. The van der Waals surface area contributed by atoms with Crippen LogP contribution in [0.1, 0.15) is 43.0 Å². The molecule has 0 aliphatic heterocycles. The van der Waals surface area contributed by atoms with E-state index in [4.69, 9.17) is 0 Å². The average Bonchev–Trinajstić information content (AvgIpc) is 3.54. The standard InChI is InChI=1S/C29H23FN2O2/c30-26-14-20(16-28(33)23-8-7-21-2-1-3-22(21)17-23)6-11-27(26)32-25-9-4-19(5-10-25)15-29(34)24-12-13-31-18-24/h1,3-14,17-18,31-32H,2,15-16H2. The van der Waals surface area contributed by atoms with Gasteiger partial charge in [0.25, 0.3) is 0 Å². The van der Waals surface area contributed by atoms with Crippen molar-refractivity contribution in [3.63, 3.8) is 0 Å². The third-order valence-electron chi connectivity index (χ3n) is 6.02. The maximum absolute atomic E-state index is 14.7. The SMILES string of the molecule is O=C(Cc1ccc(Nc2ccc(CC(=O)c3ccc4c(c3)C=CC4)cc2F)cc1)c1cc[nH]c1. The molecule has 5 heteroatoms. The maximum Gasteiger partial charge on any atom is 0.168 e. The van der Waals surface area contributed by atoms with Crippen molar-refractivity contribution in [3.8, 4) is 0 Å². The number of benzene rings is 3. The summed E-state index contributed by atoms with van der Waals surface area (Å²) >= 11 is 0. The van der Waals surface area contributed by atoms with Gasteiger partial charge in [-0.05, 0) is 65.1 Å². The van der Waals surface area contributed by atoms with Crippen molar-refractivity contribution in [2.75, 3.05) is 5.32 Å². The minimum Gasteiger partial charge on any atom is -0.367 e. The van der Waals surface area contributed by atoms with Crippen molar-refractivity contribution >= 4 is 29.0 Å². The van der Waals surface area contributed by atoms with Crippen molar-refractivity contribution in [1.82, 2.24) is 4.98 Å². The first-order valence-electron chi connectivity index (χ1n) is 11.2. The van der Waals surface area contributed by atoms with Gasteiger partial charge in [-0.15, -0.1) is 0 Å². The van der Waals surface area contributed by atoms with E-state index in [1.165, 1.54) is 11.6 Å². The van der Waals surface area contributed by atoms with E-state index in [-0.39, 0.29) is 18.0 Å². The fourth-order valence-electron chi connectivity index (χ4n) is 4.13. The minimum atomic E-state index is -0.422. The third kappa shape index (κ3) is 4.74. The minimum absolute atomic E-state index is 0.0343. The van der Waals surface area contributed by atoms with Crippen LogP contribution in [0.5, 0.6) is 0 Å². The number of ketones is 2. The molecule has 5 rings (SSSR count). The summed E-state index contributed by atoms with van der Waals surface area (Å²) < 4.78 is 14.7. The smallest absolute Gasteiger partial charge is 0.168 e. The lowest BCUT2D eigenvalue weighted by Gasteiger charge is -2.10. The number of fused-ring (bicyclic) bond motifs is 1. The zero-order valence-electron chi connectivity index (χ0n) is 18.5. The van der Waals surface area contributed by atoms with E-state index in [1.807, 2.05) is 48.5 Å². The van der Waals surface area contributed by atoms with Crippen LogP contribution in [0, 0.1) is 5.82 Å². The first-order valence-corrected chi connectivity index (χ1v) is 11.2. The lowest BCUT2D eigenvalue weighted by Crippen LogP contribution is -2.05. The summed E-state index contributed by atoms with van der Waals surface area (Å²) in [4.78, 5) is 27.8. The summed E-state index contributed by atoms with van der Waals surface area (Å²) in [5, 5.41) is 3.06. The lowest BCUT2D eigenvalue weighted by molar-refractivity contribution is 0.0985. The van der Waals surface area contributed by atoms with Crippen LogP contribution in [-0.2, 0) is 19.3 Å². The number of Topliss-reactive ketones (excluding diaryl/α,β-unsaturated/α-hetero) is 2. The second-order valence-electron chi connectivity index (χ2n) is 8.46. The summed E-state index contributed by atoms with van der Waals surface area (Å²) in [7, 11) is 0. The molecule has 2 N–H and O–H groups in total. The molecule has 1 heterocycles. The summed E-state index contributed by atoms with van der Waals surface area (Å²) in [6.45, 7) is 0. The topological polar surface area (TPSA) is 62.0 Å². The largest absolute Gasteiger partial charge is 0.367 e. The molecule has 0 saturated heterocycles. The molecule has 0 fully saturated rings. The number of H-pyrrole nitrogens is 1. The highest BCUT2D eigenvalue weighted by Crippen LogP contribution is 2.24. The number of hydrogen-bond donors (Lipinski definition) is 2. The molecule has 34 heavy (non-hydrogen) atoms. The van der Waals surface area contributed by atoms with Crippen LogP contribution >= 0.6 is 0 Å². The second-order valence-corrected chi connectivity index (χ2v) is 8.46. The van der Waals surface area contributed by atoms with E-state index < -0.39 is 5.82 Å². The zero-order chi connectivity index (χ0) is 23.5. The number of anilines is 2. The number of halogens is 1. The third-order valence-corrected chi connectivity index (χ3v) is 6.02. The molecular weight excluding hydrogens is 427 g/mol. The fraction of sp³-hybridized carbons (Fsp3) is 0.103. The predicted molar refractivity (Wildman–Crippen MR) is 132 cm³/mol. The first kappa shape index (κ1) is 21.6. The highest BCUT2D eigenvalue weighted by molar-refractivity contribution is 5.98. The van der Waals surface area contributed by atoms with Crippen molar-refractivity contribution in [2.24, 2.45) is 0 Å². The van der Waals surface area contributed by atoms with Gasteiger partial charge in [0.1, 0.15) is 5.82 Å². The van der Waals surface area contributed by atoms with E-state index in [0.29, 0.717) is 34.5 Å². The molecule has 0 atom stereocenters.